The number of aliphatic hydroxyl groups is 2. The van der Waals surface area contributed by atoms with Gasteiger partial charge in [-0.25, -0.2) is 0 Å². The monoisotopic (exact) mass is 531 g/mol. The number of hydrogen-bond donors (Lipinski definition) is 4. The molecule has 0 fully saturated rings. The van der Waals surface area contributed by atoms with Crippen LogP contribution in [0, 0.1) is 0 Å². The van der Waals surface area contributed by atoms with E-state index < -0.39 is 40.0 Å². The molecule has 0 radical (unpaired) electrons. The summed E-state index contributed by atoms with van der Waals surface area (Å²) in [5.41, 5.74) is 0. The highest BCUT2D eigenvalue weighted by molar-refractivity contribution is 7.85. The molecule has 0 aliphatic rings. The summed E-state index contributed by atoms with van der Waals surface area (Å²) in [6.07, 6.45) is 22.7. The maximum absolute atomic E-state index is 12.4. The van der Waals surface area contributed by atoms with E-state index in [4.69, 9.17) is 0 Å². The summed E-state index contributed by atoms with van der Waals surface area (Å²) >= 11 is 0. The van der Waals surface area contributed by atoms with Crippen LogP contribution in [0.5, 0.6) is 0 Å². The predicted molar refractivity (Wildman–Crippen MR) is 148 cm³/mol. The molecule has 36 heavy (non-hydrogen) atoms. The standard InChI is InChI=1S/C28H53NO6S/c1-3-5-7-9-11-12-13-14-15-17-19-21-23-27(31)28(32)29-25(24-36(33,34)35)26(30)22-20-18-16-10-8-6-4-2/h14-15,20,22,25-27,30-31H,3-13,16-19,21,23-24H2,1-2H3,(H,29,32)(H,33,34,35)/b15-14-,22-20+. The van der Waals surface area contributed by atoms with Gasteiger partial charge in [0.2, 0.25) is 5.91 Å². The molecule has 1 amide bonds. The minimum Gasteiger partial charge on any atom is -0.387 e. The van der Waals surface area contributed by atoms with Crippen molar-refractivity contribution in [1.29, 1.82) is 0 Å². The molecule has 0 saturated heterocycles. The highest BCUT2D eigenvalue weighted by Gasteiger charge is 2.27. The summed E-state index contributed by atoms with van der Waals surface area (Å²) in [4.78, 5) is 12.4. The quantitative estimate of drug-likeness (QED) is 0.0702. The first-order valence-electron chi connectivity index (χ1n) is 14.1. The number of hydrogen-bond acceptors (Lipinski definition) is 5. The fraction of sp³-hybridized carbons (Fsp3) is 0.821. The first-order chi connectivity index (χ1) is 17.2. The Labute approximate surface area is 220 Å². The van der Waals surface area contributed by atoms with Crippen molar-refractivity contribution in [3.63, 3.8) is 0 Å². The summed E-state index contributed by atoms with van der Waals surface area (Å²) in [5, 5.41) is 22.9. The molecule has 0 saturated carbocycles. The third-order valence-electron chi connectivity index (χ3n) is 6.23. The molecule has 0 aliphatic heterocycles. The molecular formula is C28H53NO6S. The van der Waals surface area contributed by atoms with Crippen LogP contribution in [0.15, 0.2) is 24.3 Å². The Balaban J connectivity index is 4.31. The molecule has 0 aromatic heterocycles. The zero-order valence-corrected chi connectivity index (χ0v) is 23.6. The average Bonchev–Trinajstić information content (AvgIpc) is 2.82. The number of nitrogens with one attached hydrogen (secondary N) is 1. The molecule has 4 N–H and O–H groups in total. The van der Waals surface area contributed by atoms with E-state index in [9.17, 15) is 28.0 Å². The van der Waals surface area contributed by atoms with Gasteiger partial charge >= 0.3 is 0 Å². The number of unbranched alkanes of at least 4 members (excludes halogenated alkanes) is 13. The second kappa shape index (κ2) is 22.9. The van der Waals surface area contributed by atoms with Crippen molar-refractivity contribution in [2.45, 2.75) is 141 Å². The van der Waals surface area contributed by atoms with Crippen LogP contribution in [0.25, 0.3) is 0 Å². The highest BCUT2D eigenvalue weighted by Crippen LogP contribution is 2.10. The number of aliphatic hydroxyl groups excluding tert-OH is 2. The largest absolute Gasteiger partial charge is 0.387 e. The molecule has 7 nitrogen and oxygen atoms in total. The van der Waals surface area contributed by atoms with Crippen molar-refractivity contribution in [3.8, 4) is 0 Å². The van der Waals surface area contributed by atoms with E-state index in [1.54, 1.807) is 6.08 Å². The second-order valence-corrected chi connectivity index (χ2v) is 11.3. The van der Waals surface area contributed by atoms with Crippen LogP contribution in [0.2, 0.25) is 0 Å². The molecule has 3 atom stereocenters. The fourth-order valence-electron chi connectivity index (χ4n) is 3.98. The Morgan fingerprint density at radius 2 is 1.22 bits per heavy atom. The van der Waals surface area contributed by atoms with E-state index in [-0.39, 0.29) is 6.42 Å². The lowest BCUT2D eigenvalue weighted by Crippen LogP contribution is -2.50. The Morgan fingerprint density at radius 1 is 0.750 bits per heavy atom. The fourth-order valence-corrected chi connectivity index (χ4v) is 4.71. The number of amides is 1. The number of carbonyl (C=O) groups excluding carboxylic acids is 1. The SMILES string of the molecule is CCCCCCC/C=C/C(O)C(CS(=O)(=O)O)NC(=O)C(O)CCCC/C=C\CCCCCCCC. The lowest BCUT2D eigenvalue weighted by atomic mass is 10.1. The average molecular weight is 532 g/mol. The number of carbonyl (C=O) groups is 1. The van der Waals surface area contributed by atoms with Crippen molar-refractivity contribution in [2.24, 2.45) is 0 Å². The number of allylic oxidation sites excluding steroid dienone is 3. The lowest BCUT2D eigenvalue weighted by Gasteiger charge is -2.22. The van der Waals surface area contributed by atoms with Gasteiger partial charge < -0.3 is 15.5 Å². The van der Waals surface area contributed by atoms with Crippen molar-refractivity contribution >= 4 is 16.0 Å². The Bertz CT molecular complexity index is 692. The summed E-state index contributed by atoms with van der Waals surface area (Å²) < 4.78 is 32.0. The van der Waals surface area contributed by atoms with Gasteiger partial charge in [0.15, 0.2) is 0 Å². The summed E-state index contributed by atoms with van der Waals surface area (Å²) in [7, 11) is -4.42. The van der Waals surface area contributed by atoms with Crippen molar-refractivity contribution < 1.29 is 28.0 Å². The Kier molecular flexibility index (Phi) is 22.2. The first kappa shape index (κ1) is 34.8. The van der Waals surface area contributed by atoms with Crippen molar-refractivity contribution in [1.82, 2.24) is 5.32 Å². The molecule has 0 heterocycles. The van der Waals surface area contributed by atoms with E-state index in [2.05, 4.69) is 31.3 Å². The van der Waals surface area contributed by atoms with Crippen LogP contribution >= 0.6 is 0 Å². The van der Waals surface area contributed by atoms with Gasteiger partial charge in [-0.1, -0.05) is 102 Å². The van der Waals surface area contributed by atoms with Crippen LogP contribution in [0.4, 0.5) is 0 Å². The molecular weight excluding hydrogens is 478 g/mol. The van der Waals surface area contributed by atoms with Gasteiger partial charge in [-0.05, 0) is 44.9 Å². The maximum Gasteiger partial charge on any atom is 0.267 e. The molecule has 0 aromatic rings. The van der Waals surface area contributed by atoms with Crippen LogP contribution in [-0.2, 0) is 14.9 Å². The molecule has 0 aliphatic carbocycles. The minimum atomic E-state index is -4.42. The van der Waals surface area contributed by atoms with Crippen molar-refractivity contribution in [3.05, 3.63) is 24.3 Å². The summed E-state index contributed by atoms with van der Waals surface area (Å²) in [6.45, 7) is 4.36. The zero-order valence-electron chi connectivity index (χ0n) is 22.7. The van der Waals surface area contributed by atoms with E-state index in [1.807, 2.05) is 0 Å². The minimum absolute atomic E-state index is 0.249. The van der Waals surface area contributed by atoms with Gasteiger partial charge in [-0.3, -0.25) is 9.35 Å². The third kappa shape index (κ3) is 22.0. The van der Waals surface area contributed by atoms with Crippen LogP contribution in [0.1, 0.15) is 123 Å². The topological polar surface area (TPSA) is 124 Å². The van der Waals surface area contributed by atoms with E-state index in [0.29, 0.717) is 6.42 Å². The number of rotatable bonds is 24. The van der Waals surface area contributed by atoms with Crippen molar-refractivity contribution in [2.75, 3.05) is 5.75 Å². The van der Waals surface area contributed by atoms with Crippen LogP contribution in [0.3, 0.4) is 0 Å². The highest BCUT2D eigenvalue weighted by atomic mass is 32.2. The summed E-state index contributed by atoms with van der Waals surface area (Å²) in [6, 6.07) is -1.23. The zero-order chi connectivity index (χ0) is 27.1. The normalized spacial score (nSPS) is 14.9. The first-order valence-corrected chi connectivity index (χ1v) is 15.8. The third-order valence-corrected chi connectivity index (χ3v) is 7.01. The molecule has 0 spiro atoms. The van der Waals surface area contributed by atoms with E-state index in [1.165, 1.54) is 51.0 Å². The lowest BCUT2D eigenvalue weighted by molar-refractivity contribution is -0.130. The van der Waals surface area contributed by atoms with Crippen LogP contribution < -0.4 is 5.32 Å². The molecule has 212 valence electrons. The second-order valence-electron chi connectivity index (χ2n) is 9.81. The Hall–Kier alpha value is -1.22. The molecule has 0 aromatic carbocycles. The summed E-state index contributed by atoms with van der Waals surface area (Å²) in [5.74, 6) is -1.56. The van der Waals surface area contributed by atoms with E-state index >= 15 is 0 Å². The van der Waals surface area contributed by atoms with Gasteiger partial charge in [-0.15, -0.1) is 0 Å². The molecule has 8 heteroatoms. The van der Waals surface area contributed by atoms with E-state index in [0.717, 1.165) is 51.4 Å². The van der Waals surface area contributed by atoms with Gasteiger partial charge in [0.05, 0.1) is 17.9 Å². The van der Waals surface area contributed by atoms with Gasteiger partial charge in [0, 0.05) is 0 Å². The molecule has 0 rings (SSSR count). The van der Waals surface area contributed by atoms with Crippen LogP contribution in [-0.4, -0.2) is 53.1 Å². The maximum atomic E-state index is 12.4. The van der Waals surface area contributed by atoms with Gasteiger partial charge in [-0.2, -0.15) is 8.42 Å². The predicted octanol–water partition coefficient (Wildman–Crippen LogP) is 5.86. The van der Waals surface area contributed by atoms with Gasteiger partial charge in [0.1, 0.15) is 6.10 Å². The smallest absolute Gasteiger partial charge is 0.267 e. The molecule has 0 bridgehead atoms. The Morgan fingerprint density at radius 3 is 1.75 bits per heavy atom. The molecule has 3 unspecified atom stereocenters. The van der Waals surface area contributed by atoms with Gasteiger partial charge in [0.25, 0.3) is 10.1 Å².